The quantitative estimate of drug-likeness (QED) is 0.511. The summed E-state index contributed by atoms with van der Waals surface area (Å²) in [6.07, 6.45) is 2.24. The average molecular weight is 416 g/mol. The van der Waals surface area contributed by atoms with Gasteiger partial charge in [0.05, 0.1) is 11.1 Å². The molecule has 0 amide bonds. The smallest absolute Gasteiger partial charge is 0.293 e. The summed E-state index contributed by atoms with van der Waals surface area (Å²) in [4.78, 5) is 14.2. The van der Waals surface area contributed by atoms with E-state index in [-0.39, 0.29) is 11.5 Å². The largest absolute Gasteiger partial charge is 0.462 e. The first-order valence-corrected chi connectivity index (χ1v) is 10.7. The third kappa shape index (κ3) is 3.08. The fourth-order valence-electron chi connectivity index (χ4n) is 5.22. The van der Waals surface area contributed by atoms with Crippen LogP contribution in [0.2, 0.25) is 0 Å². The Morgan fingerprint density at radius 1 is 1.10 bits per heavy atom. The fourth-order valence-corrected chi connectivity index (χ4v) is 5.22. The molecule has 0 radical (unpaired) electrons. The molecule has 158 valence electrons. The molecule has 31 heavy (non-hydrogen) atoms. The number of quaternary nitrogens is 1. The second-order valence-electron chi connectivity index (χ2n) is 8.78. The van der Waals surface area contributed by atoms with Gasteiger partial charge in [0.15, 0.2) is 5.75 Å². The van der Waals surface area contributed by atoms with E-state index in [1.807, 2.05) is 25.2 Å². The summed E-state index contributed by atoms with van der Waals surface area (Å²) >= 11 is 0. The molecular formula is C26H27N2O3+. The Morgan fingerprint density at radius 2 is 1.87 bits per heavy atom. The molecule has 2 heterocycles. The first-order valence-electron chi connectivity index (χ1n) is 10.7. The van der Waals surface area contributed by atoms with E-state index in [2.05, 4.69) is 67.3 Å². The van der Waals surface area contributed by atoms with Gasteiger partial charge in [-0.1, -0.05) is 36.4 Å². The molecule has 5 nitrogen and oxygen atoms in total. The number of hydrogen-bond donors (Lipinski definition) is 1. The van der Waals surface area contributed by atoms with E-state index in [1.165, 1.54) is 26.9 Å². The summed E-state index contributed by atoms with van der Waals surface area (Å²) in [7, 11) is 2.04. The molecule has 2 atom stereocenters. The van der Waals surface area contributed by atoms with Crippen LogP contribution in [0.3, 0.4) is 0 Å². The molecular weight excluding hydrogens is 388 g/mol. The van der Waals surface area contributed by atoms with E-state index in [4.69, 9.17) is 9.47 Å². The number of para-hydroxylation sites is 2. The molecule has 5 heteroatoms. The summed E-state index contributed by atoms with van der Waals surface area (Å²) in [5.41, 5.74) is 3.54. The number of hydrogen-bond acceptors (Lipinski definition) is 4. The number of carbonyl (C=O) groups is 1. The molecule has 0 aromatic heterocycles. The third-order valence-electron chi connectivity index (χ3n) is 6.71. The molecule has 2 aliphatic heterocycles. The van der Waals surface area contributed by atoms with E-state index < -0.39 is 0 Å². The highest BCUT2D eigenvalue weighted by Crippen LogP contribution is 2.43. The van der Waals surface area contributed by atoms with E-state index in [0.717, 1.165) is 17.3 Å². The van der Waals surface area contributed by atoms with Gasteiger partial charge in [0.1, 0.15) is 24.9 Å². The number of ether oxygens (including phenoxy) is 2. The van der Waals surface area contributed by atoms with Crippen LogP contribution in [0.4, 0.5) is 11.4 Å². The predicted molar refractivity (Wildman–Crippen MR) is 122 cm³/mol. The van der Waals surface area contributed by atoms with E-state index in [1.54, 1.807) is 0 Å². The highest BCUT2D eigenvalue weighted by atomic mass is 16.5. The second-order valence-corrected chi connectivity index (χ2v) is 8.78. The molecule has 3 aromatic carbocycles. The summed E-state index contributed by atoms with van der Waals surface area (Å²) in [6.45, 7) is 6.20. The van der Waals surface area contributed by atoms with Crippen molar-refractivity contribution in [2.24, 2.45) is 0 Å². The van der Waals surface area contributed by atoms with Crippen molar-refractivity contribution >= 4 is 28.6 Å². The molecule has 0 saturated heterocycles. The zero-order chi connectivity index (χ0) is 21.6. The van der Waals surface area contributed by atoms with Crippen molar-refractivity contribution < 1.29 is 19.2 Å². The molecule has 3 aromatic rings. The third-order valence-corrected chi connectivity index (χ3v) is 6.71. The van der Waals surface area contributed by atoms with E-state index in [0.29, 0.717) is 19.6 Å². The SMILES string of the molecule is CN1/C(=C/C2[NH+](CCOC=O)c3ccc4ccccc4c3C2(C)C)Oc2ccccc21. The molecule has 5 rings (SSSR count). The maximum atomic E-state index is 10.8. The standard InChI is InChI=1S/C26H26N2O3/c1-26(2)23(16-24-27(3)20-10-6-7-11-22(20)31-24)28(14-15-30-17-29)21-13-12-18-8-4-5-9-19(18)25(21)26/h4-13,16-17,23H,14-15H2,1-3H3/p+1/b24-16-. The van der Waals surface area contributed by atoms with Gasteiger partial charge in [0, 0.05) is 24.8 Å². The minimum absolute atomic E-state index is 0.121. The van der Waals surface area contributed by atoms with Gasteiger partial charge in [-0.3, -0.25) is 9.69 Å². The molecule has 2 aliphatic rings. The predicted octanol–water partition coefficient (Wildman–Crippen LogP) is 3.56. The van der Waals surface area contributed by atoms with E-state index in [9.17, 15) is 4.79 Å². The zero-order valence-electron chi connectivity index (χ0n) is 18.1. The molecule has 0 spiro atoms. The second kappa shape index (κ2) is 7.43. The number of carbonyl (C=O) groups excluding carboxylic acids is 1. The number of nitrogens with one attached hydrogen (secondary N) is 1. The van der Waals surface area contributed by atoms with Gasteiger partial charge >= 0.3 is 0 Å². The summed E-state index contributed by atoms with van der Waals surface area (Å²) in [6, 6.07) is 21.2. The molecule has 2 unspecified atom stereocenters. The van der Waals surface area contributed by atoms with Gasteiger partial charge in [0.2, 0.25) is 5.88 Å². The molecule has 0 bridgehead atoms. The van der Waals surface area contributed by atoms with Gasteiger partial charge in [-0.2, -0.15) is 0 Å². The van der Waals surface area contributed by atoms with Crippen LogP contribution in [-0.2, 0) is 14.9 Å². The van der Waals surface area contributed by atoms with Crippen LogP contribution in [0.25, 0.3) is 10.8 Å². The summed E-state index contributed by atoms with van der Waals surface area (Å²) in [5.74, 6) is 1.71. The Bertz CT molecular complexity index is 1180. The Labute approximate surface area is 182 Å². The molecule has 0 saturated carbocycles. The lowest BCUT2D eigenvalue weighted by Crippen LogP contribution is -3.11. The van der Waals surface area contributed by atoms with Gasteiger partial charge < -0.3 is 14.4 Å². The summed E-state index contributed by atoms with van der Waals surface area (Å²) < 4.78 is 11.3. The van der Waals surface area contributed by atoms with Crippen molar-refractivity contribution in [2.45, 2.75) is 25.3 Å². The van der Waals surface area contributed by atoms with Crippen molar-refractivity contribution in [3.8, 4) is 5.75 Å². The van der Waals surface area contributed by atoms with Crippen LogP contribution < -0.4 is 14.5 Å². The lowest BCUT2D eigenvalue weighted by atomic mass is 9.78. The van der Waals surface area contributed by atoms with Crippen molar-refractivity contribution in [3.05, 3.63) is 78.2 Å². The molecule has 0 aliphatic carbocycles. The van der Waals surface area contributed by atoms with Gasteiger partial charge in [-0.15, -0.1) is 0 Å². The van der Waals surface area contributed by atoms with Crippen LogP contribution >= 0.6 is 0 Å². The Kier molecular flexibility index (Phi) is 4.71. The van der Waals surface area contributed by atoms with Crippen molar-refractivity contribution in [2.75, 3.05) is 25.1 Å². The van der Waals surface area contributed by atoms with E-state index >= 15 is 0 Å². The van der Waals surface area contributed by atoms with Gasteiger partial charge in [-0.05, 0) is 42.8 Å². The minimum atomic E-state index is -0.140. The zero-order valence-corrected chi connectivity index (χ0v) is 18.1. The monoisotopic (exact) mass is 415 g/mol. The van der Waals surface area contributed by atoms with Crippen LogP contribution in [0.15, 0.2) is 72.6 Å². The van der Waals surface area contributed by atoms with Crippen molar-refractivity contribution in [3.63, 3.8) is 0 Å². The first-order chi connectivity index (χ1) is 15.0. The first kappa shape index (κ1) is 19.6. The summed E-state index contributed by atoms with van der Waals surface area (Å²) in [5, 5.41) is 2.52. The maximum absolute atomic E-state index is 10.8. The van der Waals surface area contributed by atoms with Crippen LogP contribution in [0.5, 0.6) is 5.75 Å². The Balaban J connectivity index is 1.61. The molecule has 0 fully saturated rings. The number of anilines is 1. The lowest BCUT2D eigenvalue weighted by Gasteiger charge is -2.28. The number of benzene rings is 3. The Hall–Kier alpha value is -3.31. The van der Waals surface area contributed by atoms with Crippen LogP contribution in [-0.4, -0.2) is 32.7 Å². The van der Waals surface area contributed by atoms with Gasteiger partial charge in [0.25, 0.3) is 6.47 Å². The van der Waals surface area contributed by atoms with Crippen LogP contribution in [0, 0.1) is 0 Å². The van der Waals surface area contributed by atoms with Crippen LogP contribution in [0.1, 0.15) is 19.4 Å². The highest BCUT2D eigenvalue weighted by Gasteiger charge is 2.50. The van der Waals surface area contributed by atoms with Crippen molar-refractivity contribution in [1.82, 2.24) is 0 Å². The minimum Gasteiger partial charge on any atom is -0.462 e. The van der Waals surface area contributed by atoms with Gasteiger partial charge in [-0.25, -0.2) is 0 Å². The lowest BCUT2D eigenvalue weighted by molar-refractivity contribution is -0.850. The molecule has 1 N–H and O–H groups in total. The maximum Gasteiger partial charge on any atom is 0.293 e. The number of fused-ring (bicyclic) bond motifs is 4. The number of nitrogens with zero attached hydrogens (tertiary/aromatic N) is 1. The Morgan fingerprint density at radius 3 is 2.68 bits per heavy atom. The van der Waals surface area contributed by atoms with Crippen molar-refractivity contribution in [1.29, 1.82) is 0 Å². The topological polar surface area (TPSA) is 43.2 Å². The highest BCUT2D eigenvalue weighted by molar-refractivity contribution is 5.90. The normalized spacial score (nSPS) is 22.3. The fraction of sp³-hybridized carbons (Fsp3) is 0.269. The average Bonchev–Trinajstić information content (AvgIpc) is 3.20. The number of rotatable bonds is 5.